The number of rotatable bonds is 9. The minimum absolute atomic E-state index is 0.367. The largest absolute Gasteiger partial charge is 0.462 e. The summed E-state index contributed by atoms with van der Waals surface area (Å²) in [6, 6.07) is 4.84. The minimum atomic E-state index is -0.367. The summed E-state index contributed by atoms with van der Waals surface area (Å²) in [6.45, 7) is 2.67. The van der Waals surface area contributed by atoms with Gasteiger partial charge in [-0.05, 0) is 24.6 Å². The Kier molecular flexibility index (Phi) is 7.55. The molecule has 20 heavy (non-hydrogen) atoms. The highest BCUT2D eigenvalue weighted by Crippen LogP contribution is 2.17. The molecule has 0 amide bonds. The van der Waals surface area contributed by atoms with Gasteiger partial charge in [0, 0.05) is 11.4 Å². The molecule has 1 rings (SSSR count). The zero-order chi connectivity index (χ0) is 14.8. The highest BCUT2D eigenvalue weighted by atomic mass is 16.5. The van der Waals surface area contributed by atoms with Crippen molar-refractivity contribution in [2.45, 2.75) is 51.9 Å². The SMILES string of the molecule is CCCCCCCCCOC(=O)c1ccc(N)cc1N. The second kappa shape index (κ2) is 9.23. The van der Waals surface area contributed by atoms with Crippen molar-refractivity contribution < 1.29 is 9.53 Å². The molecule has 0 aliphatic rings. The van der Waals surface area contributed by atoms with Gasteiger partial charge in [-0.1, -0.05) is 45.4 Å². The number of carbonyl (C=O) groups excluding carboxylic acids is 1. The van der Waals surface area contributed by atoms with Crippen LogP contribution in [0.4, 0.5) is 11.4 Å². The monoisotopic (exact) mass is 278 g/mol. The van der Waals surface area contributed by atoms with Crippen LogP contribution in [-0.2, 0) is 4.74 Å². The van der Waals surface area contributed by atoms with Crippen molar-refractivity contribution in [3.8, 4) is 0 Å². The molecule has 0 aromatic heterocycles. The summed E-state index contributed by atoms with van der Waals surface area (Å²) in [5, 5.41) is 0. The van der Waals surface area contributed by atoms with Crippen LogP contribution in [0.15, 0.2) is 18.2 Å². The first-order chi connectivity index (χ1) is 9.65. The second-order valence-electron chi connectivity index (χ2n) is 5.10. The summed E-state index contributed by atoms with van der Waals surface area (Å²) < 4.78 is 5.22. The number of anilines is 2. The summed E-state index contributed by atoms with van der Waals surface area (Å²) in [5.74, 6) is -0.367. The molecule has 0 saturated carbocycles. The van der Waals surface area contributed by atoms with Crippen LogP contribution in [0.25, 0.3) is 0 Å². The van der Waals surface area contributed by atoms with E-state index >= 15 is 0 Å². The highest BCUT2D eigenvalue weighted by Gasteiger charge is 2.10. The number of carbonyl (C=O) groups is 1. The molecule has 0 bridgehead atoms. The van der Waals surface area contributed by atoms with E-state index in [-0.39, 0.29) is 5.97 Å². The van der Waals surface area contributed by atoms with Crippen molar-refractivity contribution in [1.82, 2.24) is 0 Å². The number of unbranched alkanes of at least 4 members (excludes halogenated alkanes) is 6. The fourth-order valence-corrected chi connectivity index (χ4v) is 2.07. The summed E-state index contributed by atoms with van der Waals surface area (Å²) >= 11 is 0. The number of hydrogen-bond donors (Lipinski definition) is 2. The lowest BCUT2D eigenvalue weighted by atomic mass is 10.1. The highest BCUT2D eigenvalue weighted by molar-refractivity contribution is 5.95. The molecule has 0 heterocycles. The van der Waals surface area contributed by atoms with Gasteiger partial charge in [-0.25, -0.2) is 4.79 Å². The first-order valence-electron chi connectivity index (χ1n) is 7.47. The maximum absolute atomic E-state index is 11.8. The van der Waals surface area contributed by atoms with E-state index in [1.165, 1.54) is 32.1 Å². The molecule has 0 spiro atoms. The quantitative estimate of drug-likeness (QED) is 0.409. The number of ether oxygens (including phenoxy) is 1. The molecule has 4 nitrogen and oxygen atoms in total. The van der Waals surface area contributed by atoms with E-state index < -0.39 is 0 Å². The van der Waals surface area contributed by atoms with Crippen molar-refractivity contribution in [3.05, 3.63) is 23.8 Å². The van der Waals surface area contributed by atoms with Crippen LogP contribution in [0.1, 0.15) is 62.2 Å². The summed E-state index contributed by atoms with van der Waals surface area (Å²) in [5.41, 5.74) is 12.6. The van der Waals surface area contributed by atoms with Crippen LogP contribution < -0.4 is 11.5 Å². The number of nitrogen functional groups attached to an aromatic ring is 2. The third kappa shape index (κ3) is 5.95. The van der Waals surface area contributed by atoms with E-state index in [0.717, 1.165) is 12.8 Å². The van der Waals surface area contributed by atoms with Gasteiger partial charge in [0.15, 0.2) is 0 Å². The molecule has 0 saturated heterocycles. The Balaban J connectivity index is 2.17. The fraction of sp³-hybridized carbons (Fsp3) is 0.562. The van der Waals surface area contributed by atoms with Gasteiger partial charge >= 0.3 is 5.97 Å². The van der Waals surface area contributed by atoms with E-state index in [1.54, 1.807) is 18.2 Å². The molecule has 0 atom stereocenters. The molecule has 4 N–H and O–H groups in total. The van der Waals surface area contributed by atoms with Gasteiger partial charge in [0.05, 0.1) is 12.2 Å². The van der Waals surface area contributed by atoms with E-state index in [4.69, 9.17) is 16.2 Å². The topological polar surface area (TPSA) is 78.3 Å². The van der Waals surface area contributed by atoms with Crippen LogP contribution in [0.5, 0.6) is 0 Å². The summed E-state index contributed by atoms with van der Waals surface area (Å²) in [6.07, 6.45) is 8.37. The van der Waals surface area contributed by atoms with Crippen molar-refractivity contribution in [2.75, 3.05) is 18.1 Å². The Bertz CT molecular complexity index is 419. The zero-order valence-corrected chi connectivity index (χ0v) is 12.4. The van der Waals surface area contributed by atoms with E-state index in [1.807, 2.05) is 0 Å². The zero-order valence-electron chi connectivity index (χ0n) is 12.4. The molecular weight excluding hydrogens is 252 g/mol. The molecule has 4 heteroatoms. The number of benzene rings is 1. The van der Waals surface area contributed by atoms with Crippen molar-refractivity contribution in [3.63, 3.8) is 0 Å². The van der Waals surface area contributed by atoms with Gasteiger partial charge in [-0.15, -0.1) is 0 Å². The maximum atomic E-state index is 11.8. The lowest BCUT2D eigenvalue weighted by Gasteiger charge is -2.07. The first kappa shape index (κ1) is 16.3. The Morgan fingerprint density at radius 2 is 1.70 bits per heavy atom. The van der Waals surface area contributed by atoms with Crippen molar-refractivity contribution >= 4 is 17.3 Å². The lowest BCUT2D eigenvalue weighted by molar-refractivity contribution is 0.0499. The number of esters is 1. The standard InChI is InChI=1S/C16H26N2O2/c1-2-3-4-5-6-7-8-11-20-16(19)14-10-9-13(17)12-15(14)18/h9-10,12H,2-8,11,17-18H2,1H3. The van der Waals surface area contributed by atoms with Crippen molar-refractivity contribution in [1.29, 1.82) is 0 Å². The Morgan fingerprint density at radius 1 is 1.05 bits per heavy atom. The first-order valence-corrected chi connectivity index (χ1v) is 7.47. The summed E-state index contributed by atoms with van der Waals surface area (Å²) in [7, 11) is 0. The molecule has 0 unspecified atom stereocenters. The van der Waals surface area contributed by atoms with Crippen LogP contribution >= 0.6 is 0 Å². The normalized spacial score (nSPS) is 10.4. The number of hydrogen-bond acceptors (Lipinski definition) is 4. The Labute approximate surface area is 121 Å². The van der Waals surface area contributed by atoms with E-state index in [9.17, 15) is 4.79 Å². The third-order valence-electron chi connectivity index (χ3n) is 3.28. The average molecular weight is 278 g/mol. The lowest BCUT2D eigenvalue weighted by Crippen LogP contribution is -2.09. The van der Waals surface area contributed by atoms with Gasteiger partial charge in [-0.2, -0.15) is 0 Å². The molecule has 1 aromatic rings. The Hall–Kier alpha value is -1.71. The van der Waals surface area contributed by atoms with Gasteiger partial charge in [-0.3, -0.25) is 0 Å². The molecular formula is C16H26N2O2. The van der Waals surface area contributed by atoms with Crippen LogP contribution in [0.2, 0.25) is 0 Å². The number of nitrogens with two attached hydrogens (primary N) is 2. The second-order valence-corrected chi connectivity index (χ2v) is 5.10. The summed E-state index contributed by atoms with van der Waals surface area (Å²) in [4.78, 5) is 11.8. The van der Waals surface area contributed by atoms with Crippen molar-refractivity contribution in [2.24, 2.45) is 0 Å². The van der Waals surface area contributed by atoms with Gasteiger partial charge in [0.1, 0.15) is 0 Å². The Morgan fingerprint density at radius 3 is 2.35 bits per heavy atom. The molecule has 0 aliphatic carbocycles. The molecule has 0 fully saturated rings. The molecule has 1 aromatic carbocycles. The predicted molar refractivity (Wildman–Crippen MR) is 83.5 cm³/mol. The molecule has 112 valence electrons. The fourth-order valence-electron chi connectivity index (χ4n) is 2.07. The van der Waals surface area contributed by atoms with Crippen LogP contribution in [-0.4, -0.2) is 12.6 Å². The smallest absolute Gasteiger partial charge is 0.340 e. The maximum Gasteiger partial charge on any atom is 0.340 e. The van der Waals surface area contributed by atoms with Crippen LogP contribution in [0, 0.1) is 0 Å². The molecule has 0 radical (unpaired) electrons. The predicted octanol–water partition coefficient (Wildman–Crippen LogP) is 3.76. The minimum Gasteiger partial charge on any atom is -0.462 e. The van der Waals surface area contributed by atoms with E-state index in [0.29, 0.717) is 23.5 Å². The van der Waals surface area contributed by atoms with Crippen LogP contribution in [0.3, 0.4) is 0 Å². The average Bonchev–Trinajstić information content (AvgIpc) is 2.41. The van der Waals surface area contributed by atoms with Gasteiger partial charge in [0.25, 0.3) is 0 Å². The third-order valence-corrected chi connectivity index (χ3v) is 3.28. The van der Waals surface area contributed by atoms with E-state index in [2.05, 4.69) is 6.92 Å². The van der Waals surface area contributed by atoms with Gasteiger partial charge in [0.2, 0.25) is 0 Å². The van der Waals surface area contributed by atoms with Gasteiger partial charge < -0.3 is 16.2 Å². The molecule has 0 aliphatic heterocycles.